The van der Waals surface area contributed by atoms with Gasteiger partial charge in [0.05, 0.1) is 5.56 Å². The van der Waals surface area contributed by atoms with E-state index >= 15 is 0 Å². The van der Waals surface area contributed by atoms with Crippen molar-refractivity contribution < 1.29 is 19.1 Å². The van der Waals surface area contributed by atoms with Gasteiger partial charge in [0.15, 0.2) is 11.5 Å². The molecule has 156 valence electrons. The number of piperazine rings is 1. The van der Waals surface area contributed by atoms with Gasteiger partial charge in [0.1, 0.15) is 0 Å². The zero-order chi connectivity index (χ0) is 20.7. The summed E-state index contributed by atoms with van der Waals surface area (Å²) in [5, 5.41) is 0. The first-order valence-corrected chi connectivity index (χ1v) is 11.5. The van der Waals surface area contributed by atoms with Gasteiger partial charge in [0.25, 0.3) is 5.91 Å². The highest BCUT2D eigenvalue weighted by Crippen LogP contribution is 2.50. The summed E-state index contributed by atoms with van der Waals surface area (Å²) in [6, 6.07) is 13.7. The van der Waals surface area contributed by atoms with Crippen LogP contribution in [0.2, 0.25) is 0 Å². The SMILES string of the molecule is CSc1ccccc1C(=O)N1CCN(C(=O)[C@@H]2C[C@H]2c2ccc3c(c2)OCO3)CC1. The molecule has 2 aliphatic heterocycles. The van der Waals surface area contributed by atoms with E-state index in [1.807, 2.05) is 58.5 Å². The predicted octanol–water partition coefficient (Wildman–Crippen LogP) is 3.23. The third-order valence-electron chi connectivity index (χ3n) is 6.15. The van der Waals surface area contributed by atoms with E-state index in [1.165, 1.54) is 0 Å². The van der Waals surface area contributed by atoms with Gasteiger partial charge < -0.3 is 19.3 Å². The van der Waals surface area contributed by atoms with Crippen LogP contribution in [0.3, 0.4) is 0 Å². The van der Waals surface area contributed by atoms with Gasteiger partial charge in [-0.05, 0) is 48.4 Å². The van der Waals surface area contributed by atoms with Crippen molar-refractivity contribution in [3.63, 3.8) is 0 Å². The van der Waals surface area contributed by atoms with Gasteiger partial charge in [0, 0.05) is 37.0 Å². The van der Waals surface area contributed by atoms with Gasteiger partial charge >= 0.3 is 0 Å². The predicted molar refractivity (Wildman–Crippen MR) is 114 cm³/mol. The van der Waals surface area contributed by atoms with Gasteiger partial charge in [-0.2, -0.15) is 0 Å². The first kappa shape index (κ1) is 19.3. The largest absolute Gasteiger partial charge is 0.454 e. The molecule has 0 spiro atoms. The van der Waals surface area contributed by atoms with E-state index in [2.05, 4.69) is 0 Å². The van der Waals surface area contributed by atoms with Crippen molar-refractivity contribution in [3.05, 3.63) is 53.6 Å². The van der Waals surface area contributed by atoms with Crippen LogP contribution in [-0.4, -0.2) is 60.8 Å². The van der Waals surface area contributed by atoms with Crippen molar-refractivity contribution in [2.24, 2.45) is 5.92 Å². The number of carbonyl (C=O) groups is 2. The van der Waals surface area contributed by atoms with Crippen LogP contribution >= 0.6 is 11.8 Å². The minimum atomic E-state index is 0.0323. The molecule has 5 rings (SSSR count). The lowest BCUT2D eigenvalue weighted by molar-refractivity contribution is -0.134. The molecule has 2 fully saturated rings. The average Bonchev–Trinajstić information content (AvgIpc) is 3.46. The Hall–Kier alpha value is -2.67. The molecule has 0 radical (unpaired) electrons. The van der Waals surface area contributed by atoms with Gasteiger partial charge in [-0.1, -0.05) is 18.2 Å². The maximum Gasteiger partial charge on any atom is 0.255 e. The molecule has 1 saturated heterocycles. The quantitative estimate of drug-likeness (QED) is 0.706. The van der Waals surface area contributed by atoms with E-state index in [1.54, 1.807) is 11.8 Å². The van der Waals surface area contributed by atoms with E-state index in [9.17, 15) is 9.59 Å². The molecule has 1 aliphatic carbocycles. The number of amides is 2. The van der Waals surface area contributed by atoms with Gasteiger partial charge in [-0.25, -0.2) is 0 Å². The van der Waals surface area contributed by atoms with Crippen LogP contribution in [0.1, 0.15) is 28.3 Å². The first-order chi connectivity index (χ1) is 14.7. The van der Waals surface area contributed by atoms with Crippen LogP contribution in [0.25, 0.3) is 0 Å². The van der Waals surface area contributed by atoms with Crippen LogP contribution in [0.4, 0.5) is 0 Å². The Kier molecular flexibility index (Phi) is 5.06. The number of hydrogen-bond acceptors (Lipinski definition) is 5. The Bertz CT molecular complexity index is 987. The molecule has 2 heterocycles. The molecule has 1 saturated carbocycles. The average molecular weight is 425 g/mol. The summed E-state index contributed by atoms with van der Waals surface area (Å²) in [5.74, 6) is 2.07. The second-order valence-electron chi connectivity index (χ2n) is 7.88. The third-order valence-corrected chi connectivity index (χ3v) is 6.94. The Balaban J connectivity index is 1.18. The van der Waals surface area contributed by atoms with E-state index in [0.717, 1.165) is 33.9 Å². The topological polar surface area (TPSA) is 59.1 Å². The number of carbonyl (C=O) groups excluding carboxylic acids is 2. The highest BCUT2D eigenvalue weighted by molar-refractivity contribution is 7.98. The maximum atomic E-state index is 13.0. The Labute approximate surface area is 180 Å². The van der Waals surface area contributed by atoms with E-state index in [4.69, 9.17) is 9.47 Å². The second-order valence-corrected chi connectivity index (χ2v) is 8.73. The number of rotatable bonds is 4. The number of thioether (sulfide) groups is 1. The van der Waals surface area contributed by atoms with Crippen molar-refractivity contribution in [2.75, 3.05) is 39.2 Å². The molecule has 2 atom stereocenters. The second kappa shape index (κ2) is 7.87. The number of hydrogen-bond donors (Lipinski definition) is 0. The number of nitrogens with zero attached hydrogens (tertiary/aromatic N) is 2. The van der Waals surface area contributed by atoms with Crippen LogP contribution in [-0.2, 0) is 4.79 Å². The van der Waals surface area contributed by atoms with Crippen molar-refractivity contribution >= 4 is 23.6 Å². The van der Waals surface area contributed by atoms with Crippen LogP contribution in [0, 0.1) is 5.92 Å². The van der Waals surface area contributed by atoms with Crippen molar-refractivity contribution in [1.82, 2.24) is 9.80 Å². The number of fused-ring (bicyclic) bond motifs is 1. The van der Waals surface area contributed by atoms with Crippen LogP contribution in [0.5, 0.6) is 11.5 Å². The fourth-order valence-corrected chi connectivity index (χ4v) is 4.93. The number of ether oxygens (including phenoxy) is 2. The minimum absolute atomic E-state index is 0.0323. The molecule has 2 aromatic carbocycles. The molecule has 0 N–H and O–H groups in total. The van der Waals surface area contributed by atoms with E-state index in [-0.39, 0.29) is 30.4 Å². The van der Waals surface area contributed by atoms with E-state index in [0.29, 0.717) is 26.2 Å². The summed E-state index contributed by atoms with van der Waals surface area (Å²) >= 11 is 1.58. The van der Waals surface area contributed by atoms with Crippen molar-refractivity contribution in [3.8, 4) is 11.5 Å². The third kappa shape index (κ3) is 3.51. The molecule has 30 heavy (non-hydrogen) atoms. The van der Waals surface area contributed by atoms with Gasteiger partial charge in [-0.3, -0.25) is 9.59 Å². The molecule has 0 unspecified atom stereocenters. The first-order valence-electron chi connectivity index (χ1n) is 10.3. The number of benzene rings is 2. The maximum absolute atomic E-state index is 13.0. The standard InChI is InChI=1S/C23H24N2O4S/c1-30-21-5-3-2-4-16(21)22(26)24-8-10-25(11-9-24)23(27)18-13-17(18)15-6-7-19-20(12-15)29-14-28-19/h2-7,12,17-18H,8-11,13-14H2,1H3/t17-,18+/m0/s1. The lowest BCUT2D eigenvalue weighted by Crippen LogP contribution is -2.51. The summed E-state index contributed by atoms with van der Waals surface area (Å²) in [6.07, 6.45) is 2.85. The molecule has 6 nitrogen and oxygen atoms in total. The minimum Gasteiger partial charge on any atom is -0.454 e. The zero-order valence-corrected chi connectivity index (χ0v) is 17.7. The van der Waals surface area contributed by atoms with E-state index < -0.39 is 0 Å². The molecule has 7 heteroatoms. The molecule has 2 aromatic rings. The lowest BCUT2D eigenvalue weighted by Gasteiger charge is -2.35. The Morgan fingerprint density at radius 3 is 2.50 bits per heavy atom. The van der Waals surface area contributed by atoms with Crippen molar-refractivity contribution in [2.45, 2.75) is 17.2 Å². The van der Waals surface area contributed by atoms with Crippen molar-refractivity contribution in [1.29, 1.82) is 0 Å². The fourth-order valence-electron chi connectivity index (χ4n) is 4.34. The monoisotopic (exact) mass is 424 g/mol. The summed E-state index contributed by atoms with van der Waals surface area (Å²) < 4.78 is 10.8. The van der Waals surface area contributed by atoms with Gasteiger partial charge in [0.2, 0.25) is 12.7 Å². The van der Waals surface area contributed by atoms with Gasteiger partial charge in [-0.15, -0.1) is 11.8 Å². The van der Waals surface area contributed by atoms with Crippen LogP contribution < -0.4 is 9.47 Å². The Morgan fingerprint density at radius 1 is 0.967 bits per heavy atom. The summed E-state index contributed by atoms with van der Waals surface area (Å²) in [6.45, 7) is 2.60. The summed E-state index contributed by atoms with van der Waals surface area (Å²) in [5.41, 5.74) is 1.88. The normalized spacial score (nSPS) is 22.2. The molecule has 3 aliphatic rings. The zero-order valence-electron chi connectivity index (χ0n) is 16.9. The molecular formula is C23H24N2O4S. The highest BCUT2D eigenvalue weighted by atomic mass is 32.2. The molecule has 0 aromatic heterocycles. The Morgan fingerprint density at radius 2 is 1.70 bits per heavy atom. The molecular weight excluding hydrogens is 400 g/mol. The highest BCUT2D eigenvalue weighted by Gasteiger charge is 2.46. The summed E-state index contributed by atoms with van der Waals surface area (Å²) in [7, 11) is 0. The fraction of sp³-hybridized carbons (Fsp3) is 0.391. The molecule has 2 amide bonds. The lowest BCUT2D eigenvalue weighted by atomic mass is 10.1. The molecule has 0 bridgehead atoms. The smallest absolute Gasteiger partial charge is 0.255 e. The van der Waals surface area contributed by atoms with Crippen LogP contribution in [0.15, 0.2) is 47.4 Å². The summed E-state index contributed by atoms with van der Waals surface area (Å²) in [4.78, 5) is 30.7.